The zero-order valence-electron chi connectivity index (χ0n) is 17.4. The fourth-order valence-electron chi connectivity index (χ4n) is 3.61. The van der Waals surface area contributed by atoms with E-state index in [1.165, 1.54) is 40.3 Å². The second-order valence-electron chi connectivity index (χ2n) is 7.32. The van der Waals surface area contributed by atoms with E-state index >= 15 is 0 Å². The van der Waals surface area contributed by atoms with Gasteiger partial charge in [0.2, 0.25) is 10.9 Å². The van der Waals surface area contributed by atoms with E-state index in [0.717, 1.165) is 5.56 Å². The molecule has 3 heterocycles. The van der Waals surface area contributed by atoms with Crippen molar-refractivity contribution >= 4 is 51.5 Å². The summed E-state index contributed by atoms with van der Waals surface area (Å²) < 4.78 is 5.89. The molecule has 1 N–H and O–H groups in total. The first-order valence-corrected chi connectivity index (χ1v) is 12.3. The summed E-state index contributed by atoms with van der Waals surface area (Å²) in [6, 6.07) is 18.7. The Morgan fingerprint density at radius 3 is 2.56 bits per heavy atom. The number of ketones is 1. The number of benzene rings is 2. The molecule has 0 aliphatic carbocycles. The molecule has 1 unspecified atom stereocenters. The molecule has 4 aromatic rings. The highest BCUT2D eigenvalue weighted by molar-refractivity contribution is 8.00. The van der Waals surface area contributed by atoms with E-state index in [1.807, 2.05) is 30.3 Å². The number of carbonyl (C=O) groups is 2. The lowest BCUT2D eigenvalue weighted by Crippen LogP contribution is -2.31. The molecule has 0 radical (unpaired) electrons. The van der Waals surface area contributed by atoms with Crippen LogP contribution in [0.1, 0.15) is 27.7 Å². The Balaban J connectivity index is 1.46. The summed E-state index contributed by atoms with van der Waals surface area (Å²) in [5, 5.41) is 20.1. The van der Waals surface area contributed by atoms with Crippen LogP contribution >= 0.6 is 34.7 Å². The van der Waals surface area contributed by atoms with Gasteiger partial charge in [-0.2, -0.15) is 0 Å². The third-order valence-corrected chi connectivity index (χ3v) is 7.57. The summed E-state index contributed by atoms with van der Waals surface area (Å²) >= 11 is 8.63. The van der Waals surface area contributed by atoms with Crippen LogP contribution in [0.3, 0.4) is 0 Å². The highest BCUT2D eigenvalue weighted by Crippen LogP contribution is 2.43. The van der Waals surface area contributed by atoms with Crippen LogP contribution in [0.5, 0.6) is 0 Å². The first-order valence-electron chi connectivity index (χ1n) is 10.1. The lowest BCUT2D eigenvalue weighted by Gasteiger charge is -2.23. The normalized spacial score (nSPS) is 15.9. The van der Waals surface area contributed by atoms with Gasteiger partial charge >= 0.3 is 0 Å². The number of carbonyl (C=O) groups excluding carboxylic acids is 2. The molecule has 0 saturated carbocycles. The topological polar surface area (TPSA) is 96.5 Å². The first kappa shape index (κ1) is 22.4. The largest absolute Gasteiger partial charge is 0.503 e. The maximum Gasteiger partial charge on any atom is 0.296 e. The monoisotopic (exact) mass is 509 g/mol. The van der Waals surface area contributed by atoms with Crippen molar-refractivity contribution in [1.82, 2.24) is 10.2 Å². The summed E-state index contributed by atoms with van der Waals surface area (Å²) in [6.45, 7) is 0. The van der Waals surface area contributed by atoms with Crippen molar-refractivity contribution < 1.29 is 19.1 Å². The third kappa shape index (κ3) is 4.25. The Kier molecular flexibility index (Phi) is 6.23. The van der Waals surface area contributed by atoms with Gasteiger partial charge in [0.25, 0.3) is 5.91 Å². The van der Waals surface area contributed by atoms with Crippen molar-refractivity contribution in [2.24, 2.45) is 0 Å². The highest BCUT2D eigenvalue weighted by Gasteiger charge is 2.46. The number of furan rings is 1. The molecule has 1 aliphatic heterocycles. The van der Waals surface area contributed by atoms with Crippen molar-refractivity contribution in [2.75, 3.05) is 4.90 Å². The van der Waals surface area contributed by atoms with Crippen molar-refractivity contribution in [3.63, 3.8) is 0 Å². The molecule has 1 aliphatic rings. The van der Waals surface area contributed by atoms with Crippen LogP contribution in [0.2, 0.25) is 5.02 Å². The Hall–Kier alpha value is -3.40. The van der Waals surface area contributed by atoms with E-state index in [-0.39, 0.29) is 16.5 Å². The van der Waals surface area contributed by atoms with Gasteiger partial charge in [0, 0.05) is 10.8 Å². The number of thioether (sulfide) groups is 1. The Morgan fingerprint density at radius 1 is 1.09 bits per heavy atom. The highest BCUT2D eigenvalue weighted by atomic mass is 35.5. The Morgan fingerprint density at radius 2 is 1.85 bits per heavy atom. The summed E-state index contributed by atoms with van der Waals surface area (Å²) in [7, 11) is 0. The minimum atomic E-state index is -0.867. The fraction of sp³-hybridized carbons (Fsp3) is 0.0833. The number of nitrogens with zero attached hydrogens (tertiary/aromatic N) is 3. The molecule has 170 valence electrons. The molecular weight excluding hydrogens is 494 g/mol. The van der Waals surface area contributed by atoms with Crippen LogP contribution in [0, 0.1) is 0 Å². The van der Waals surface area contributed by atoms with Gasteiger partial charge in [-0.05, 0) is 35.4 Å². The quantitative estimate of drug-likeness (QED) is 0.189. The smallest absolute Gasteiger partial charge is 0.296 e. The van der Waals surface area contributed by atoms with E-state index in [0.29, 0.717) is 20.7 Å². The number of aliphatic hydroxyl groups is 1. The second-order valence-corrected chi connectivity index (χ2v) is 9.94. The maximum atomic E-state index is 13.2. The number of amides is 1. The molecule has 0 fully saturated rings. The van der Waals surface area contributed by atoms with E-state index in [9.17, 15) is 14.7 Å². The van der Waals surface area contributed by atoms with Gasteiger partial charge in [-0.15, -0.1) is 10.2 Å². The molecule has 0 saturated heterocycles. The molecule has 1 amide bonds. The van der Waals surface area contributed by atoms with Crippen molar-refractivity contribution in [2.45, 2.75) is 16.1 Å². The average molecular weight is 510 g/mol. The summed E-state index contributed by atoms with van der Waals surface area (Å²) in [4.78, 5) is 27.6. The Labute approximate surface area is 207 Å². The van der Waals surface area contributed by atoms with E-state index in [2.05, 4.69) is 10.2 Å². The first-order chi connectivity index (χ1) is 16.5. The van der Waals surface area contributed by atoms with Crippen LogP contribution in [0.4, 0.5) is 5.13 Å². The van der Waals surface area contributed by atoms with Crippen molar-refractivity contribution in [3.05, 3.63) is 106 Å². The van der Waals surface area contributed by atoms with Crippen LogP contribution in [-0.4, -0.2) is 27.0 Å². The number of halogens is 1. The molecule has 0 spiro atoms. The van der Waals surface area contributed by atoms with E-state index < -0.39 is 23.5 Å². The van der Waals surface area contributed by atoms with Crippen LogP contribution in [0.25, 0.3) is 0 Å². The van der Waals surface area contributed by atoms with Crippen LogP contribution < -0.4 is 4.90 Å². The predicted molar refractivity (Wildman–Crippen MR) is 130 cm³/mol. The number of anilines is 1. The van der Waals surface area contributed by atoms with Gasteiger partial charge in [0.05, 0.1) is 17.9 Å². The van der Waals surface area contributed by atoms with E-state index in [1.54, 1.807) is 30.3 Å². The molecule has 7 nitrogen and oxygen atoms in total. The molecule has 2 aromatic carbocycles. The standard InChI is InChI=1S/C24H16ClN3O4S2/c25-16-10-8-14(9-11-16)13-33-24-27-26-23(34-24)28-19(15-5-2-1-3-6-15)18(21(30)22(28)31)20(29)17-7-4-12-32-17/h1-12,19,30H,13H2. The molecule has 1 atom stereocenters. The molecule has 34 heavy (non-hydrogen) atoms. The number of aromatic nitrogens is 2. The summed E-state index contributed by atoms with van der Waals surface area (Å²) in [6.07, 6.45) is 1.37. The van der Waals surface area contributed by atoms with Crippen LogP contribution in [0.15, 0.2) is 93.1 Å². The molecule has 10 heteroatoms. The third-order valence-electron chi connectivity index (χ3n) is 5.19. The minimum absolute atomic E-state index is 0.0357. The lowest BCUT2D eigenvalue weighted by atomic mass is 9.95. The molecule has 0 bridgehead atoms. The van der Waals surface area contributed by atoms with Gasteiger partial charge in [-0.3, -0.25) is 14.5 Å². The zero-order chi connectivity index (χ0) is 23.7. The van der Waals surface area contributed by atoms with E-state index in [4.69, 9.17) is 16.0 Å². The number of hydrogen-bond donors (Lipinski definition) is 1. The number of hydrogen-bond acceptors (Lipinski definition) is 8. The number of rotatable bonds is 7. The lowest BCUT2D eigenvalue weighted by molar-refractivity contribution is -0.117. The van der Waals surface area contributed by atoms with Gasteiger partial charge in [0.1, 0.15) is 0 Å². The van der Waals surface area contributed by atoms with Gasteiger partial charge in [-0.25, -0.2) is 0 Å². The average Bonchev–Trinajstić information content (AvgIpc) is 3.60. The zero-order valence-corrected chi connectivity index (χ0v) is 19.8. The number of Topliss-reactive ketones (excluding diaryl/α,β-unsaturated/α-hetero) is 1. The molecule has 5 rings (SSSR count). The van der Waals surface area contributed by atoms with Crippen molar-refractivity contribution in [1.29, 1.82) is 0 Å². The fourth-order valence-corrected chi connectivity index (χ4v) is 5.56. The van der Waals surface area contributed by atoms with Crippen molar-refractivity contribution in [3.8, 4) is 0 Å². The summed E-state index contributed by atoms with van der Waals surface area (Å²) in [5.41, 5.74) is 1.66. The van der Waals surface area contributed by atoms with Gasteiger partial charge < -0.3 is 9.52 Å². The maximum absolute atomic E-state index is 13.2. The number of aliphatic hydroxyl groups excluding tert-OH is 1. The summed E-state index contributed by atoms with van der Waals surface area (Å²) in [5.74, 6) is -1.22. The molecular formula is C24H16ClN3O4S2. The van der Waals surface area contributed by atoms with Gasteiger partial charge in [-0.1, -0.05) is 77.2 Å². The second kappa shape index (κ2) is 9.46. The van der Waals surface area contributed by atoms with Gasteiger partial charge in [0.15, 0.2) is 15.9 Å². The minimum Gasteiger partial charge on any atom is -0.503 e. The van der Waals surface area contributed by atoms with Crippen LogP contribution in [-0.2, 0) is 10.5 Å². The Bertz CT molecular complexity index is 1370. The predicted octanol–water partition coefficient (Wildman–Crippen LogP) is 5.86. The SMILES string of the molecule is O=C(C1=C(O)C(=O)N(c2nnc(SCc3ccc(Cl)cc3)s2)C1c1ccccc1)c1ccco1. The molecule has 2 aromatic heterocycles.